The summed E-state index contributed by atoms with van der Waals surface area (Å²) in [6.45, 7) is 23.1. The molecule has 5 N–H and O–H groups in total. The van der Waals surface area contributed by atoms with Gasteiger partial charge >= 0.3 is 5.97 Å². The molecule has 0 amide bonds. The lowest BCUT2D eigenvalue weighted by Gasteiger charge is -2.52. The molecule has 4 saturated heterocycles. The second kappa shape index (κ2) is 22.7. The van der Waals surface area contributed by atoms with Crippen LogP contribution in [0.4, 0.5) is 0 Å². The third kappa shape index (κ3) is 12.4. The Labute approximate surface area is 360 Å². The van der Waals surface area contributed by atoms with E-state index in [-0.39, 0.29) is 55.9 Å². The van der Waals surface area contributed by atoms with E-state index in [4.69, 9.17) is 42.6 Å². The van der Waals surface area contributed by atoms with Crippen LogP contribution in [-0.2, 0) is 47.4 Å². The topological polar surface area (TPSA) is 196 Å². The number of hydrogen-bond donors (Lipinski definition) is 5. The second-order valence-corrected chi connectivity index (χ2v) is 18.6. The van der Waals surface area contributed by atoms with E-state index in [0.29, 0.717) is 19.6 Å². The molecule has 0 spiro atoms. The number of cyclic esters (lactones) is 1. The van der Waals surface area contributed by atoms with Gasteiger partial charge in [-0.05, 0) is 80.8 Å². The number of ether oxygens (including phenoxy) is 9. The van der Waals surface area contributed by atoms with Gasteiger partial charge in [0.15, 0.2) is 12.6 Å². The minimum atomic E-state index is -1.64. The van der Waals surface area contributed by atoms with Crippen molar-refractivity contribution >= 4 is 5.97 Å². The molecule has 20 atom stereocenters. The maximum absolute atomic E-state index is 14.5. The van der Waals surface area contributed by atoms with Crippen LogP contribution in [0.1, 0.15) is 109 Å². The molecular formula is C44H84N2O14. The molecule has 0 aliphatic carbocycles. The second-order valence-electron chi connectivity index (χ2n) is 18.6. The Morgan fingerprint density at radius 1 is 0.900 bits per heavy atom. The first-order valence-electron chi connectivity index (χ1n) is 22.4. The number of aliphatic hydroxyl groups excluding tert-OH is 2. The lowest BCUT2D eigenvalue weighted by atomic mass is 9.71. The lowest BCUT2D eigenvalue weighted by Crippen LogP contribution is -2.67. The lowest BCUT2D eigenvalue weighted by molar-refractivity contribution is -0.318. The monoisotopic (exact) mass is 865 g/mol. The maximum atomic E-state index is 14.5. The highest BCUT2D eigenvalue weighted by molar-refractivity contribution is 5.73. The Morgan fingerprint density at radius 3 is 2.13 bits per heavy atom. The van der Waals surface area contributed by atoms with Crippen molar-refractivity contribution in [2.45, 2.75) is 205 Å². The molecule has 0 radical (unpaired) electrons. The number of aliphatic hydroxyl groups is 4. The summed E-state index contributed by atoms with van der Waals surface area (Å²) in [6.07, 6.45) is -8.29. The van der Waals surface area contributed by atoms with E-state index >= 15 is 0 Å². The van der Waals surface area contributed by atoms with Crippen LogP contribution in [0.3, 0.4) is 0 Å². The molecule has 0 aromatic heterocycles. The number of carbonyl (C=O) groups excluding carboxylic acids is 1. The molecule has 4 fully saturated rings. The molecule has 4 aliphatic heterocycles. The normalized spacial score (nSPS) is 47.1. The van der Waals surface area contributed by atoms with Crippen LogP contribution in [-0.4, -0.2) is 176 Å². The molecule has 60 heavy (non-hydrogen) atoms. The van der Waals surface area contributed by atoms with Gasteiger partial charge < -0.3 is 68.0 Å². The quantitative estimate of drug-likeness (QED) is 0.142. The van der Waals surface area contributed by atoms with Gasteiger partial charge in [0.25, 0.3) is 0 Å². The predicted molar refractivity (Wildman–Crippen MR) is 225 cm³/mol. The summed E-state index contributed by atoms with van der Waals surface area (Å²) in [5, 5.41) is 51.5. The van der Waals surface area contributed by atoms with Crippen molar-refractivity contribution in [3.63, 3.8) is 0 Å². The number of fused-ring (bicyclic) bond motifs is 2. The summed E-state index contributed by atoms with van der Waals surface area (Å²) in [6, 6.07) is -0.593. The fourth-order valence-electron chi connectivity index (χ4n) is 10.0. The van der Waals surface area contributed by atoms with Gasteiger partial charge in [0.2, 0.25) is 0 Å². The van der Waals surface area contributed by atoms with Crippen molar-refractivity contribution in [3.8, 4) is 0 Å². The summed E-state index contributed by atoms with van der Waals surface area (Å²) in [4.78, 5) is 16.4. The third-order valence-electron chi connectivity index (χ3n) is 13.5. The van der Waals surface area contributed by atoms with Crippen LogP contribution >= 0.6 is 0 Å². The maximum Gasteiger partial charge on any atom is 0.311 e. The average Bonchev–Trinajstić information content (AvgIpc) is 3.19. The number of methoxy groups -OCH3 is 2. The summed E-state index contributed by atoms with van der Waals surface area (Å²) in [7, 11) is 6.90. The number of carbonyl (C=O) groups is 1. The fraction of sp³-hybridized carbons (Fsp3) is 0.977. The highest BCUT2D eigenvalue weighted by Crippen LogP contribution is 2.43. The van der Waals surface area contributed by atoms with E-state index in [2.05, 4.69) is 5.32 Å². The van der Waals surface area contributed by atoms with E-state index in [9.17, 15) is 25.2 Å². The number of hydrogen-bond acceptors (Lipinski definition) is 16. The van der Waals surface area contributed by atoms with Gasteiger partial charge in [-0.2, -0.15) is 0 Å². The SMILES string of the molecule is CC.CC[C@H]1OC(=O)[C@H](C)[C@@H](O[C@H]2C[C@@](C)(OC)[C@@H](O)[C@H](C)O2)[C@H](C)[C@@H](O[C@@H]2O[C@H](C)C[C@H](N(C)C)[C@H]2O)[C@](C)(O)C[C@@H](C)[C@@H]2N[C@@H](COCCOC)O[C@H]([C@H]2C)[C@]1(C)O. The van der Waals surface area contributed by atoms with Gasteiger partial charge in [0.05, 0.1) is 67.5 Å². The number of nitrogens with zero attached hydrogens (tertiary/aromatic N) is 1. The minimum Gasteiger partial charge on any atom is -0.459 e. The molecular weight excluding hydrogens is 780 g/mol. The summed E-state index contributed by atoms with van der Waals surface area (Å²) in [5.41, 5.74) is -4.27. The van der Waals surface area contributed by atoms with Crippen LogP contribution in [0.15, 0.2) is 0 Å². The molecule has 4 heterocycles. The molecule has 0 aromatic carbocycles. The molecule has 2 bridgehead atoms. The standard InChI is InChI=1S/C42H78N2O14.C2H6/c1-15-29-42(10,49)37-24(4)32(43-30(56-37)21-52-17-16-50-13)22(2)19-40(8,48)36(58-39-33(45)28(44(11)12)18-23(3)53-39)25(5)34(26(6)38(47)55-29)57-31-20-41(9,51-14)35(46)27(7)54-31;1-2/h22-37,39,43,45-46,48-49H,15-21H2,1-14H3;1-2H3/t22-,23-,24+,25+,26-,27+,28+,29-,30-,31+,32+,33-,34+,35+,36-,37-,39+,40-,41-,42-;/m1./s1. The number of nitrogens with one attached hydrogen (secondary N) is 1. The molecule has 4 aliphatic rings. The molecule has 4 rings (SSSR count). The van der Waals surface area contributed by atoms with Crippen molar-refractivity contribution in [2.75, 3.05) is 48.1 Å². The Bertz CT molecular complexity index is 1290. The van der Waals surface area contributed by atoms with Gasteiger partial charge in [-0.15, -0.1) is 0 Å². The Morgan fingerprint density at radius 2 is 1.55 bits per heavy atom. The molecule has 0 unspecified atom stereocenters. The smallest absolute Gasteiger partial charge is 0.311 e. The number of likely N-dealkylation sites (N-methyl/N-ethyl adjacent to an activating group) is 1. The van der Waals surface area contributed by atoms with Crippen molar-refractivity contribution in [1.82, 2.24) is 10.2 Å². The van der Waals surface area contributed by atoms with E-state index in [1.807, 2.05) is 67.5 Å². The highest BCUT2D eigenvalue weighted by Gasteiger charge is 2.55. The largest absolute Gasteiger partial charge is 0.459 e. The molecule has 354 valence electrons. The van der Waals surface area contributed by atoms with E-state index in [1.165, 1.54) is 7.11 Å². The molecule has 0 saturated carbocycles. The number of esters is 1. The highest BCUT2D eigenvalue weighted by atomic mass is 16.7. The first-order valence-corrected chi connectivity index (χ1v) is 22.4. The first kappa shape index (κ1) is 53.2. The molecule has 16 nitrogen and oxygen atoms in total. The summed E-state index contributed by atoms with van der Waals surface area (Å²) in [5.74, 6) is -2.95. The van der Waals surface area contributed by atoms with Gasteiger partial charge in [0.1, 0.15) is 30.1 Å². The van der Waals surface area contributed by atoms with E-state index in [0.717, 1.165) is 0 Å². The van der Waals surface area contributed by atoms with E-state index in [1.54, 1.807) is 41.7 Å². The zero-order valence-corrected chi connectivity index (χ0v) is 39.6. The Kier molecular flexibility index (Phi) is 20.1. The van der Waals surface area contributed by atoms with Crippen molar-refractivity contribution in [1.29, 1.82) is 0 Å². The zero-order valence-electron chi connectivity index (χ0n) is 39.6. The van der Waals surface area contributed by atoms with Crippen LogP contribution in [0, 0.1) is 23.7 Å². The summed E-state index contributed by atoms with van der Waals surface area (Å²) < 4.78 is 55.7. The molecule has 16 heteroatoms. The summed E-state index contributed by atoms with van der Waals surface area (Å²) >= 11 is 0. The fourth-order valence-corrected chi connectivity index (χ4v) is 10.0. The molecule has 0 aromatic rings. The zero-order chi connectivity index (χ0) is 45.5. The van der Waals surface area contributed by atoms with Crippen LogP contribution in [0.2, 0.25) is 0 Å². The van der Waals surface area contributed by atoms with Crippen molar-refractivity contribution < 1.29 is 67.9 Å². The van der Waals surface area contributed by atoms with Crippen LogP contribution < -0.4 is 5.32 Å². The van der Waals surface area contributed by atoms with Gasteiger partial charge in [0, 0.05) is 44.6 Å². The average molecular weight is 865 g/mol. The van der Waals surface area contributed by atoms with Crippen molar-refractivity contribution in [3.05, 3.63) is 0 Å². The van der Waals surface area contributed by atoms with Gasteiger partial charge in [-0.25, -0.2) is 0 Å². The minimum absolute atomic E-state index is 0.137. The number of rotatable bonds is 12. The van der Waals surface area contributed by atoms with Crippen LogP contribution in [0.5, 0.6) is 0 Å². The van der Waals surface area contributed by atoms with Gasteiger partial charge in [-0.1, -0.05) is 41.5 Å². The van der Waals surface area contributed by atoms with E-state index < -0.39 is 96.1 Å². The van der Waals surface area contributed by atoms with Crippen molar-refractivity contribution in [2.24, 2.45) is 23.7 Å². The Hall–Kier alpha value is -1.09. The first-order chi connectivity index (χ1) is 28.0. The van der Waals surface area contributed by atoms with Crippen LogP contribution in [0.25, 0.3) is 0 Å². The predicted octanol–water partition coefficient (Wildman–Crippen LogP) is 3.23. The Balaban J connectivity index is 0.00000473. The third-order valence-corrected chi connectivity index (χ3v) is 13.5. The van der Waals surface area contributed by atoms with Gasteiger partial charge in [-0.3, -0.25) is 10.1 Å².